The number of anilines is 2. The molecular weight excluding hydrogens is 304 g/mol. The minimum Gasteiger partial charge on any atom is -0.399 e. The second kappa shape index (κ2) is 10.1. The summed E-state index contributed by atoms with van der Waals surface area (Å²) in [4.78, 5) is 0. The lowest BCUT2D eigenvalue weighted by molar-refractivity contribution is 0.361. The van der Waals surface area contributed by atoms with Crippen LogP contribution in [0.15, 0.2) is 48.5 Å². The zero-order valence-electron chi connectivity index (χ0n) is 16.1. The quantitative estimate of drug-likeness (QED) is 0.651. The van der Waals surface area contributed by atoms with Gasteiger partial charge in [0, 0.05) is 17.4 Å². The van der Waals surface area contributed by atoms with Crippen LogP contribution < -0.4 is 11.1 Å². The molecule has 136 valence electrons. The van der Waals surface area contributed by atoms with Gasteiger partial charge in [-0.05, 0) is 74.3 Å². The Kier molecular flexibility index (Phi) is 7.84. The van der Waals surface area contributed by atoms with Crippen molar-refractivity contribution in [2.45, 2.75) is 65.3 Å². The van der Waals surface area contributed by atoms with E-state index in [9.17, 15) is 0 Å². The van der Waals surface area contributed by atoms with Crippen molar-refractivity contribution in [2.75, 3.05) is 11.1 Å². The molecule has 0 bridgehead atoms. The summed E-state index contributed by atoms with van der Waals surface area (Å²) in [7, 11) is 0. The molecule has 1 aliphatic carbocycles. The van der Waals surface area contributed by atoms with Crippen LogP contribution in [0.3, 0.4) is 0 Å². The Morgan fingerprint density at radius 2 is 1.68 bits per heavy atom. The molecule has 0 saturated heterocycles. The third kappa shape index (κ3) is 6.81. The van der Waals surface area contributed by atoms with Crippen LogP contribution >= 0.6 is 0 Å². The molecule has 2 heteroatoms. The van der Waals surface area contributed by atoms with E-state index in [0.29, 0.717) is 6.04 Å². The van der Waals surface area contributed by atoms with E-state index in [2.05, 4.69) is 68.6 Å². The van der Waals surface area contributed by atoms with E-state index in [1.807, 2.05) is 6.07 Å². The van der Waals surface area contributed by atoms with Crippen LogP contribution in [0.2, 0.25) is 0 Å². The van der Waals surface area contributed by atoms with Gasteiger partial charge < -0.3 is 11.1 Å². The molecular formula is C23H34N2. The van der Waals surface area contributed by atoms with Crippen LogP contribution in [-0.2, 0) is 6.42 Å². The van der Waals surface area contributed by atoms with Crippen LogP contribution in [0.25, 0.3) is 0 Å². The first-order valence-electron chi connectivity index (χ1n) is 9.75. The van der Waals surface area contributed by atoms with E-state index in [1.54, 1.807) is 0 Å². The van der Waals surface area contributed by atoms with Crippen LogP contribution in [0.1, 0.15) is 57.1 Å². The van der Waals surface area contributed by atoms with E-state index < -0.39 is 0 Å². The van der Waals surface area contributed by atoms with Crippen LogP contribution in [0.5, 0.6) is 0 Å². The van der Waals surface area contributed by atoms with Gasteiger partial charge in [0.25, 0.3) is 0 Å². The highest BCUT2D eigenvalue weighted by Gasteiger charge is 2.17. The molecule has 0 aliphatic heterocycles. The van der Waals surface area contributed by atoms with Crippen molar-refractivity contribution in [1.29, 1.82) is 0 Å². The molecule has 0 atom stereocenters. The summed E-state index contributed by atoms with van der Waals surface area (Å²) in [6, 6.07) is 17.4. The Bertz CT molecular complexity index is 613. The minimum absolute atomic E-state index is 0.652. The molecule has 3 N–H and O–H groups in total. The largest absolute Gasteiger partial charge is 0.399 e. The first-order chi connectivity index (χ1) is 12.1. The summed E-state index contributed by atoms with van der Waals surface area (Å²) >= 11 is 0. The van der Waals surface area contributed by atoms with Gasteiger partial charge in [-0.3, -0.25) is 0 Å². The standard InChI is InChI=1S/C14H22N2.C9H12/c1-10-3-5-12(6-4-10)16-13-7-8-14(15)11(2)9-13;1-2-6-9-7-4-3-5-8-9/h7-10,12,16H,3-6,15H2,1-2H3;3-5,7-8H,2,6H2,1H3. The zero-order valence-corrected chi connectivity index (χ0v) is 16.1. The van der Waals surface area contributed by atoms with Crippen molar-refractivity contribution in [3.05, 3.63) is 59.7 Å². The summed E-state index contributed by atoms with van der Waals surface area (Å²) in [6.45, 7) is 6.61. The predicted octanol–water partition coefficient (Wildman–Crippen LogP) is 6.21. The molecule has 2 aromatic carbocycles. The van der Waals surface area contributed by atoms with Gasteiger partial charge in [-0.15, -0.1) is 0 Å². The first-order valence-corrected chi connectivity index (χ1v) is 9.75. The van der Waals surface area contributed by atoms with Gasteiger partial charge in [-0.25, -0.2) is 0 Å². The lowest BCUT2D eigenvalue weighted by Gasteiger charge is -2.27. The molecule has 0 aromatic heterocycles. The maximum Gasteiger partial charge on any atom is 0.0346 e. The number of nitrogen functional groups attached to an aromatic ring is 1. The Morgan fingerprint density at radius 3 is 2.28 bits per heavy atom. The number of hydrogen-bond donors (Lipinski definition) is 2. The summed E-state index contributed by atoms with van der Waals surface area (Å²) in [6.07, 6.45) is 7.75. The topological polar surface area (TPSA) is 38.0 Å². The van der Waals surface area contributed by atoms with Gasteiger partial charge in [-0.1, -0.05) is 50.6 Å². The molecule has 3 rings (SSSR count). The van der Waals surface area contributed by atoms with Gasteiger partial charge in [0.2, 0.25) is 0 Å². The number of nitrogens with two attached hydrogens (primary N) is 1. The van der Waals surface area contributed by atoms with Crippen molar-refractivity contribution < 1.29 is 0 Å². The average Bonchev–Trinajstić information content (AvgIpc) is 2.62. The molecule has 25 heavy (non-hydrogen) atoms. The molecule has 1 fully saturated rings. The highest BCUT2D eigenvalue weighted by atomic mass is 14.9. The van der Waals surface area contributed by atoms with E-state index in [1.165, 1.54) is 49.8 Å². The summed E-state index contributed by atoms with van der Waals surface area (Å²) < 4.78 is 0. The van der Waals surface area contributed by atoms with Gasteiger partial charge >= 0.3 is 0 Å². The predicted molar refractivity (Wildman–Crippen MR) is 111 cm³/mol. The fourth-order valence-corrected chi connectivity index (χ4v) is 3.34. The van der Waals surface area contributed by atoms with E-state index >= 15 is 0 Å². The van der Waals surface area contributed by atoms with Crippen molar-refractivity contribution >= 4 is 11.4 Å². The maximum absolute atomic E-state index is 5.81. The molecule has 0 amide bonds. The molecule has 0 spiro atoms. The highest BCUT2D eigenvalue weighted by molar-refractivity contribution is 5.57. The van der Waals surface area contributed by atoms with Crippen molar-refractivity contribution in [1.82, 2.24) is 0 Å². The third-order valence-corrected chi connectivity index (χ3v) is 5.04. The van der Waals surface area contributed by atoms with Crippen molar-refractivity contribution in [3.63, 3.8) is 0 Å². The Labute approximate surface area is 153 Å². The smallest absolute Gasteiger partial charge is 0.0346 e. The number of benzene rings is 2. The fraction of sp³-hybridized carbons (Fsp3) is 0.478. The SMILES string of the molecule is CCCc1ccccc1.Cc1cc(NC2CCC(C)CC2)ccc1N. The average molecular weight is 339 g/mol. The second-order valence-electron chi connectivity index (χ2n) is 7.41. The molecule has 0 unspecified atom stereocenters. The van der Waals surface area contributed by atoms with Gasteiger partial charge in [-0.2, -0.15) is 0 Å². The lowest BCUT2D eigenvalue weighted by Crippen LogP contribution is -2.25. The third-order valence-electron chi connectivity index (χ3n) is 5.04. The Hall–Kier alpha value is -1.96. The van der Waals surface area contributed by atoms with Crippen LogP contribution in [0, 0.1) is 12.8 Å². The summed E-state index contributed by atoms with van der Waals surface area (Å²) in [5, 5.41) is 3.61. The number of nitrogens with one attached hydrogen (secondary N) is 1. The van der Waals surface area contributed by atoms with Crippen LogP contribution in [0.4, 0.5) is 11.4 Å². The van der Waals surface area contributed by atoms with Crippen molar-refractivity contribution in [2.24, 2.45) is 5.92 Å². The monoisotopic (exact) mass is 338 g/mol. The van der Waals surface area contributed by atoms with Gasteiger partial charge in [0.05, 0.1) is 0 Å². The number of hydrogen-bond acceptors (Lipinski definition) is 2. The minimum atomic E-state index is 0.652. The summed E-state index contributed by atoms with van der Waals surface area (Å²) in [5.74, 6) is 0.909. The lowest BCUT2D eigenvalue weighted by atomic mass is 9.87. The maximum atomic E-state index is 5.81. The molecule has 1 aliphatic rings. The van der Waals surface area contributed by atoms with Crippen LogP contribution in [-0.4, -0.2) is 6.04 Å². The van der Waals surface area contributed by atoms with E-state index in [-0.39, 0.29) is 0 Å². The molecule has 2 aromatic rings. The van der Waals surface area contributed by atoms with Crippen molar-refractivity contribution in [3.8, 4) is 0 Å². The number of rotatable bonds is 4. The Morgan fingerprint density at radius 1 is 1.00 bits per heavy atom. The molecule has 1 saturated carbocycles. The normalized spacial score (nSPS) is 19.6. The highest BCUT2D eigenvalue weighted by Crippen LogP contribution is 2.26. The first kappa shape index (κ1) is 19.4. The number of aryl methyl sites for hydroxylation is 2. The van der Waals surface area contributed by atoms with Gasteiger partial charge in [0.1, 0.15) is 0 Å². The molecule has 2 nitrogen and oxygen atoms in total. The Balaban J connectivity index is 0.000000212. The molecule has 0 heterocycles. The van der Waals surface area contributed by atoms with E-state index in [4.69, 9.17) is 5.73 Å². The molecule has 0 radical (unpaired) electrons. The van der Waals surface area contributed by atoms with Gasteiger partial charge in [0.15, 0.2) is 0 Å². The van der Waals surface area contributed by atoms with E-state index in [0.717, 1.165) is 17.2 Å². The summed E-state index contributed by atoms with van der Waals surface area (Å²) in [5.41, 5.74) is 10.5. The zero-order chi connectivity index (χ0) is 18.1. The second-order valence-corrected chi connectivity index (χ2v) is 7.41. The fourth-order valence-electron chi connectivity index (χ4n) is 3.34.